The van der Waals surface area contributed by atoms with Crippen molar-refractivity contribution >= 4 is 17.5 Å². The highest BCUT2D eigenvalue weighted by atomic mass is 16.6. The standard InChI is InChI=1S/C16H21N3O5/c1-2-24-14-6-5-12(11-13(14)19(22)23)16(21)17-8-7-15(20)18-9-3-4-10-18/h5-6,11H,2-4,7-10H2,1H3,(H,17,21). The smallest absolute Gasteiger partial charge is 0.311 e. The fourth-order valence-electron chi connectivity index (χ4n) is 2.59. The Hall–Kier alpha value is -2.64. The zero-order valence-corrected chi connectivity index (χ0v) is 13.6. The molecule has 1 aromatic carbocycles. The minimum atomic E-state index is -0.585. The summed E-state index contributed by atoms with van der Waals surface area (Å²) in [6, 6.07) is 4.06. The van der Waals surface area contributed by atoms with Crippen LogP contribution < -0.4 is 10.1 Å². The summed E-state index contributed by atoms with van der Waals surface area (Å²) in [6.45, 7) is 3.78. The molecule has 1 fully saturated rings. The van der Waals surface area contributed by atoms with Crippen LogP contribution in [-0.2, 0) is 4.79 Å². The number of nitro benzene ring substituents is 1. The Bertz CT molecular complexity index is 626. The van der Waals surface area contributed by atoms with Gasteiger partial charge in [0.2, 0.25) is 5.91 Å². The Balaban J connectivity index is 1.93. The van der Waals surface area contributed by atoms with Gasteiger partial charge in [-0.15, -0.1) is 0 Å². The van der Waals surface area contributed by atoms with Crippen LogP contribution in [0.25, 0.3) is 0 Å². The van der Waals surface area contributed by atoms with E-state index in [2.05, 4.69) is 5.32 Å². The molecule has 8 heteroatoms. The van der Waals surface area contributed by atoms with Crippen LogP contribution in [0.5, 0.6) is 5.75 Å². The third kappa shape index (κ3) is 4.43. The minimum Gasteiger partial charge on any atom is -0.487 e. The summed E-state index contributed by atoms with van der Waals surface area (Å²) in [5.74, 6) is -0.302. The molecule has 0 aliphatic carbocycles. The Labute approximate surface area is 139 Å². The fraction of sp³-hybridized carbons (Fsp3) is 0.500. The van der Waals surface area contributed by atoms with Crippen molar-refractivity contribution in [2.45, 2.75) is 26.2 Å². The number of ether oxygens (including phenoxy) is 1. The summed E-state index contributed by atoms with van der Waals surface area (Å²) < 4.78 is 5.18. The molecular weight excluding hydrogens is 314 g/mol. The molecule has 1 aliphatic rings. The minimum absolute atomic E-state index is 0.0190. The SMILES string of the molecule is CCOc1ccc(C(=O)NCCC(=O)N2CCCC2)cc1[N+](=O)[O-]. The predicted octanol–water partition coefficient (Wildman–Crippen LogP) is 1.74. The molecule has 0 radical (unpaired) electrons. The summed E-state index contributed by atoms with van der Waals surface area (Å²) in [7, 11) is 0. The first-order chi connectivity index (χ1) is 11.5. The van der Waals surface area contributed by atoms with Crippen LogP contribution >= 0.6 is 0 Å². The van der Waals surface area contributed by atoms with Crippen molar-refractivity contribution in [3.05, 3.63) is 33.9 Å². The maximum atomic E-state index is 12.1. The van der Waals surface area contributed by atoms with Crippen molar-refractivity contribution in [1.29, 1.82) is 0 Å². The number of nitrogens with zero attached hydrogens (tertiary/aromatic N) is 2. The highest BCUT2D eigenvalue weighted by Gasteiger charge is 2.20. The molecule has 0 saturated carbocycles. The Morgan fingerprint density at radius 1 is 1.33 bits per heavy atom. The second-order valence-corrected chi connectivity index (χ2v) is 5.47. The van der Waals surface area contributed by atoms with E-state index in [0.717, 1.165) is 25.9 Å². The maximum Gasteiger partial charge on any atom is 0.311 e. The third-order valence-corrected chi connectivity index (χ3v) is 3.80. The molecule has 0 aromatic heterocycles. The van der Waals surface area contributed by atoms with Gasteiger partial charge in [-0.3, -0.25) is 19.7 Å². The van der Waals surface area contributed by atoms with E-state index in [-0.39, 0.29) is 35.9 Å². The molecule has 0 spiro atoms. The quantitative estimate of drug-likeness (QED) is 0.604. The van der Waals surface area contributed by atoms with Gasteiger partial charge in [-0.2, -0.15) is 0 Å². The monoisotopic (exact) mass is 335 g/mol. The van der Waals surface area contributed by atoms with Gasteiger partial charge >= 0.3 is 5.69 Å². The molecule has 1 N–H and O–H groups in total. The van der Waals surface area contributed by atoms with Gasteiger partial charge in [-0.1, -0.05) is 0 Å². The molecule has 2 rings (SSSR count). The lowest BCUT2D eigenvalue weighted by Crippen LogP contribution is -2.32. The molecule has 1 aromatic rings. The number of nitro groups is 1. The van der Waals surface area contributed by atoms with Gasteiger partial charge in [0.1, 0.15) is 0 Å². The number of hydrogen-bond donors (Lipinski definition) is 1. The van der Waals surface area contributed by atoms with Crippen molar-refractivity contribution < 1.29 is 19.2 Å². The summed E-state index contributed by atoms with van der Waals surface area (Å²) in [6.07, 6.45) is 2.27. The number of nitrogens with one attached hydrogen (secondary N) is 1. The van der Waals surface area contributed by atoms with Crippen molar-refractivity contribution in [2.75, 3.05) is 26.2 Å². The maximum absolute atomic E-state index is 12.1. The summed E-state index contributed by atoms with van der Waals surface area (Å²) in [5.41, 5.74) is -0.0867. The van der Waals surface area contributed by atoms with Gasteiger partial charge in [0.25, 0.3) is 5.91 Å². The first-order valence-electron chi connectivity index (χ1n) is 8.00. The fourth-order valence-corrected chi connectivity index (χ4v) is 2.59. The number of benzene rings is 1. The highest BCUT2D eigenvalue weighted by Crippen LogP contribution is 2.27. The molecule has 1 aliphatic heterocycles. The molecule has 130 valence electrons. The summed E-state index contributed by atoms with van der Waals surface area (Å²) in [4.78, 5) is 36.3. The Kier molecular flexibility index (Phi) is 6.11. The Morgan fingerprint density at radius 3 is 2.67 bits per heavy atom. The van der Waals surface area contributed by atoms with Gasteiger partial charge < -0.3 is 15.0 Å². The molecule has 8 nitrogen and oxygen atoms in total. The molecule has 0 atom stereocenters. The second-order valence-electron chi connectivity index (χ2n) is 5.47. The lowest BCUT2D eigenvalue weighted by atomic mass is 10.1. The molecule has 1 saturated heterocycles. The first-order valence-corrected chi connectivity index (χ1v) is 8.00. The number of amides is 2. The van der Waals surface area contributed by atoms with E-state index in [0.29, 0.717) is 6.61 Å². The number of carbonyl (C=O) groups is 2. The molecule has 0 bridgehead atoms. The third-order valence-electron chi connectivity index (χ3n) is 3.80. The summed E-state index contributed by atoms with van der Waals surface area (Å²) in [5, 5.41) is 13.7. The van der Waals surface area contributed by atoms with Gasteiger partial charge in [-0.05, 0) is 31.9 Å². The molecular formula is C16H21N3O5. The zero-order valence-electron chi connectivity index (χ0n) is 13.6. The van der Waals surface area contributed by atoms with E-state index in [1.165, 1.54) is 18.2 Å². The topological polar surface area (TPSA) is 102 Å². The van der Waals surface area contributed by atoms with Crippen molar-refractivity contribution in [2.24, 2.45) is 0 Å². The van der Waals surface area contributed by atoms with E-state index >= 15 is 0 Å². The van der Waals surface area contributed by atoms with Crippen LogP contribution in [0.15, 0.2) is 18.2 Å². The average Bonchev–Trinajstić information content (AvgIpc) is 3.09. The number of rotatable bonds is 7. The van der Waals surface area contributed by atoms with Gasteiger partial charge in [0.15, 0.2) is 5.75 Å². The highest BCUT2D eigenvalue weighted by molar-refractivity contribution is 5.95. The lowest BCUT2D eigenvalue weighted by molar-refractivity contribution is -0.385. The van der Waals surface area contributed by atoms with E-state index < -0.39 is 10.8 Å². The van der Waals surface area contributed by atoms with Crippen LogP contribution in [-0.4, -0.2) is 47.9 Å². The number of likely N-dealkylation sites (tertiary alicyclic amines) is 1. The van der Waals surface area contributed by atoms with E-state index in [9.17, 15) is 19.7 Å². The largest absolute Gasteiger partial charge is 0.487 e. The number of hydrogen-bond acceptors (Lipinski definition) is 5. The molecule has 0 unspecified atom stereocenters. The van der Waals surface area contributed by atoms with Crippen LogP contribution in [0.3, 0.4) is 0 Å². The van der Waals surface area contributed by atoms with E-state index in [1.54, 1.807) is 11.8 Å². The van der Waals surface area contributed by atoms with Gasteiger partial charge in [0, 0.05) is 37.7 Å². The van der Waals surface area contributed by atoms with Crippen molar-refractivity contribution in [3.63, 3.8) is 0 Å². The molecule has 24 heavy (non-hydrogen) atoms. The van der Waals surface area contributed by atoms with E-state index in [1.807, 2.05) is 0 Å². The van der Waals surface area contributed by atoms with E-state index in [4.69, 9.17) is 4.74 Å². The van der Waals surface area contributed by atoms with Crippen molar-refractivity contribution in [1.82, 2.24) is 10.2 Å². The van der Waals surface area contributed by atoms with Gasteiger partial charge in [0.05, 0.1) is 11.5 Å². The lowest BCUT2D eigenvalue weighted by Gasteiger charge is -2.15. The first kappa shape index (κ1) is 17.7. The normalized spacial score (nSPS) is 13.6. The van der Waals surface area contributed by atoms with Crippen LogP contribution in [0.4, 0.5) is 5.69 Å². The second kappa shape index (κ2) is 8.28. The Morgan fingerprint density at radius 2 is 2.04 bits per heavy atom. The predicted molar refractivity (Wildman–Crippen MR) is 87.0 cm³/mol. The summed E-state index contributed by atoms with van der Waals surface area (Å²) >= 11 is 0. The van der Waals surface area contributed by atoms with Crippen LogP contribution in [0, 0.1) is 10.1 Å². The zero-order chi connectivity index (χ0) is 17.5. The molecule has 1 heterocycles. The van der Waals surface area contributed by atoms with Crippen molar-refractivity contribution in [3.8, 4) is 5.75 Å². The van der Waals surface area contributed by atoms with Gasteiger partial charge in [-0.25, -0.2) is 0 Å². The molecule has 2 amide bonds. The number of carbonyl (C=O) groups excluding carboxylic acids is 2. The average molecular weight is 335 g/mol. The van der Waals surface area contributed by atoms with Crippen LogP contribution in [0.2, 0.25) is 0 Å². The van der Waals surface area contributed by atoms with Crippen LogP contribution in [0.1, 0.15) is 36.5 Å².